The number of aryl methyl sites for hydroxylation is 2. The van der Waals surface area contributed by atoms with Gasteiger partial charge in [0.2, 0.25) is 11.8 Å². The standard InChI is InChI=1S/C25H22Cl2FN5O3/c1-13-11-29-24(25(3,4)35)32-21(13)15-8-9-17(26)18(10-15)33-14(2)30-22(20(27)23(33)34)36-12-16-6-5-7-19(28)31-16/h5-11,35H,12H2,1-4H3. The fraction of sp³-hybridized carbons (Fsp3) is 0.240. The number of hydrogen-bond donors (Lipinski definition) is 1. The molecule has 4 rings (SSSR count). The van der Waals surface area contributed by atoms with Crippen molar-refractivity contribution in [3.05, 3.63) is 91.8 Å². The topological polar surface area (TPSA) is 103 Å². The third-order valence-electron chi connectivity index (χ3n) is 5.27. The van der Waals surface area contributed by atoms with Crippen LogP contribution >= 0.6 is 23.2 Å². The third-order valence-corrected chi connectivity index (χ3v) is 5.92. The lowest BCUT2D eigenvalue weighted by Crippen LogP contribution is -2.24. The smallest absolute Gasteiger partial charge is 0.280 e. The summed E-state index contributed by atoms with van der Waals surface area (Å²) >= 11 is 12.8. The minimum absolute atomic E-state index is 0.102. The van der Waals surface area contributed by atoms with Crippen molar-refractivity contribution in [1.29, 1.82) is 0 Å². The van der Waals surface area contributed by atoms with Gasteiger partial charge in [-0.15, -0.1) is 0 Å². The molecule has 0 aliphatic carbocycles. The van der Waals surface area contributed by atoms with Gasteiger partial charge >= 0.3 is 0 Å². The largest absolute Gasteiger partial charge is 0.470 e. The Kier molecular flexibility index (Phi) is 7.08. The van der Waals surface area contributed by atoms with Gasteiger partial charge in [0.05, 0.1) is 22.1 Å². The van der Waals surface area contributed by atoms with Crippen molar-refractivity contribution in [2.24, 2.45) is 0 Å². The first-order valence-electron chi connectivity index (χ1n) is 10.9. The van der Waals surface area contributed by atoms with Crippen molar-refractivity contribution in [2.75, 3.05) is 0 Å². The lowest BCUT2D eigenvalue weighted by atomic mass is 10.0. The first kappa shape index (κ1) is 25.7. The minimum atomic E-state index is -1.24. The average Bonchev–Trinajstić information content (AvgIpc) is 2.81. The molecular weight excluding hydrogens is 508 g/mol. The van der Waals surface area contributed by atoms with E-state index in [1.807, 2.05) is 6.92 Å². The van der Waals surface area contributed by atoms with Gasteiger partial charge in [-0.25, -0.2) is 15.0 Å². The van der Waals surface area contributed by atoms with Gasteiger partial charge in [-0.3, -0.25) is 9.36 Å². The van der Waals surface area contributed by atoms with Crippen molar-refractivity contribution >= 4 is 23.2 Å². The first-order chi connectivity index (χ1) is 17.0. The summed E-state index contributed by atoms with van der Waals surface area (Å²) in [5.74, 6) is -0.228. The Hall–Kier alpha value is -3.40. The van der Waals surface area contributed by atoms with Gasteiger partial charge in [0.15, 0.2) is 10.8 Å². The van der Waals surface area contributed by atoms with Crippen molar-refractivity contribution in [3.63, 3.8) is 0 Å². The molecule has 0 aliphatic rings. The summed E-state index contributed by atoms with van der Waals surface area (Å²) in [6.45, 7) is 6.52. The molecule has 0 bridgehead atoms. The van der Waals surface area contributed by atoms with Crippen LogP contribution in [0.3, 0.4) is 0 Å². The van der Waals surface area contributed by atoms with Crippen LogP contribution in [0.1, 0.15) is 36.8 Å². The molecule has 0 aliphatic heterocycles. The Balaban J connectivity index is 1.75. The van der Waals surface area contributed by atoms with E-state index in [4.69, 9.17) is 27.9 Å². The maximum atomic E-state index is 13.3. The van der Waals surface area contributed by atoms with Gasteiger partial charge in [-0.05, 0) is 57.5 Å². The van der Waals surface area contributed by atoms with E-state index in [0.29, 0.717) is 22.6 Å². The number of aromatic nitrogens is 5. The Morgan fingerprint density at radius 2 is 1.86 bits per heavy atom. The molecule has 11 heteroatoms. The highest BCUT2D eigenvalue weighted by Gasteiger charge is 2.22. The summed E-state index contributed by atoms with van der Waals surface area (Å²) in [5.41, 5.74) is 0.822. The van der Waals surface area contributed by atoms with Crippen LogP contribution in [-0.4, -0.2) is 29.6 Å². The second-order valence-electron chi connectivity index (χ2n) is 8.61. The molecule has 1 N–H and O–H groups in total. The van der Waals surface area contributed by atoms with Gasteiger partial charge in [0.1, 0.15) is 18.0 Å². The number of rotatable bonds is 6. The Morgan fingerprint density at radius 1 is 1.11 bits per heavy atom. The van der Waals surface area contributed by atoms with E-state index in [-0.39, 0.29) is 34.2 Å². The van der Waals surface area contributed by atoms with E-state index < -0.39 is 17.1 Å². The van der Waals surface area contributed by atoms with Crippen LogP contribution in [0.4, 0.5) is 4.39 Å². The van der Waals surface area contributed by atoms with E-state index in [0.717, 1.165) is 5.56 Å². The SMILES string of the molecule is Cc1cnc(C(C)(C)O)nc1-c1ccc(Cl)c(-n2c(C)nc(OCc3cccc(F)n3)c(Cl)c2=O)c1. The zero-order valence-corrected chi connectivity index (χ0v) is 21.4. The number of nitrogens with zero attached hydrogens (tertiary/aromatic N) is 5. The second kappa shape index (κ2) is 9.93. The molecule has 3 heterocycles. The summed E-state index contributed by atoms with van der Waals surface area (Å²) in [5, 5.41) is 10.4. The van der Waals surface area contributed by atoms with E-state index in [1.165, 1.54) is 16.7 Å². The molecule has 3 aromatic heterocycles. The molecule has 4 aromatic rings. The monoisotopic (exact) mass is 529 g/mol. The third kappa shape index (κ3) is 5.23. The van der Waals surface area contributed by atoms with Crippen LogP contribution in [0.5, 0.6) is 5.88 Å². The molecule has 1 aromatic carbocycles. The summed E-state index contributed by atoms with van der Waals surface area (Å²) < 4.78 is 20.2. The number of halogens is 3. The fourth-order valence-electron chi connectivity index (χ4n) is 3.50. The predicted octanol–water partition coefficient (Wildman–Crippen LogP) is 4.95. The number of pyridine rings is 1. The molecule has 0 spiro atoms. The molecule has 0 atom stereocenters. The van der Waals surface area contributed by atoms with Gasteiger partial charge in [-0.2, -0.15) is 9.37 Å². The summed E-state index contributed by atoms with van der Waals surface area (Å²) in [6, 6.07) is 9.38. The van der Waals surface area contributed by atoms with Gasteiger partial charge in [0.25, 0.3) is 5.56 Å². The molecule has 36 heavy (non-hydrogen) atoms. The molecule has 0 radical (unpaired) electrons. The number of benzene rings is 1. The van der Waals surface area contributed by atoms with E-state index in [9.17, 15) is 14.3 Å². The number of aliphatic hydroxyl groups is 1. The molecule has 0 saturated carbocycles. The highest BCUT2D eigenvalue weighted by molar-refractivity contribution is 6.33. The molecule has 8 nitrogen and oxygen atoms in total. The van der Waals surface area contributed by atoms with Crippen LogP contribution in [0.2, 0.25) is 10.0 Å². The zero-order valence-electron chi connectivity index (χ0n) is 19.9. The van der Waals surface area contributed by atoms with E-state index >= 15 is 0 Å². The van der Waals surface area contributed by atoms with Crippen molar-refractivity contribution < 1.29 is 14.2 Å². The van der Waals surface area contributed by atoms with E-state index in [2.05, 4.69) is 19.9 Å². The normalized spacial score (nSPS) is 11.6. The molecule has 0 fully saturated rings. The molecule has 0 amide bonds. The maximum Gasteiger partial charge on any atom is 0.280 e. The Morgan fingerprint density at radius 3 is 2.56 bits per heavy atom. The summed E-state index contributed by atoms with van der Waals surface area (Å²) in [6.07, 6.45) is 1.62. The summed E-state index contributed by atoms with van der Waals surface area (Å²) in [4.78, 5) is 30.0. The molecular formula is C25H22Cl2FN5O3. The van der Waals surface area contributed by atoms with Crippen LogP contribution in [0.15, 0.2) is 47.4 Å². The number of hydrogen-bond acceptors (Lipinski definition) is 7. The molecule has 0 unspecified atom stereocenters. The van der Waals surface area contributed by atoms with E-state index in [1.54, 1.807) is 51.2 Å². The minimum Gasteiger partial charge on any atom is -0.470 e. The van der Waals surface area contributed by atoms with Crippen LogP contribution in [-0.2, 0) is 12.2 Å². The average molecular weight is 530 g/mol. The summed E-state index contributed by atoms with van der Waals surface area (Å²) in [7, 11) is 0. The van der Waals surface area contributed by atoms with Gasteiger partial charge < -0.3 is 9.84 Å². The maximum absolute atomic E-state index is 13.3. The van der Waals surface area contributed by atoms with Crippen molar-refractivity contribution in [2.45, 2.75) is 39.9 Å². The highest BCUT2D eigenvalue weighted by atomic mass is 35.5. The Labute approximate surface area is 216 Å². The zero-order chi connectivity index (χ0) is 26.2. The fourth-order valence-corrected chi connectivity index (χ4v) is 3.88. The van der Waals surface area contributed by atoms with Gasteiger partial charge in [-0.1, -0.05) is 35.3 Å². The quantitative estimate of drug-likeness (QED) is 0.352. The highest BCUT2D eigenvalue weighted by Crippen LogP contribution is 2.30. The lowest BCUT2D eigenvalue weighted by Gasteiger charge is -2.18. The Bertz CT molecular complexity index is 1520. The van der Waals surface area contributed by atoms with Crippen LogP contribution < -0.4 is 10.3 Å². The van der Waals surface area contributed by atoms with Crippen molar-refractivity contribution in [3.8, 4) is 22.8 Å². The van der Waals surface area contributed by atoms with Gasteiger partial charge in [0, 0.05) is 11.8 Å². The molecule has 186 valence electrons. The van der Waals surface area contributed by atoms with Crippen LogP contribution in [0.25, 0.3) is 16.9 Å². The lowest BCUT2D eigenvalue weighted by molar-refractivity contribution is 0.0688. The first-order valence-corrected chi connectivity index (χ1v) is 11.6. The number of ether oxygens (including phenoxy) is 1. The van der Waals surface area contributed by atoms with Crippen LogP contribution in [0, 0.1) is 19.8 Å². The molecule has 0 saturated heterocycles. The second-order valence-corrected chi connectivity index (χ2v) is 9.39. The predicted molar refractivity (Wildman–Crippen MR) is 134 cm³/mol. The van der Waals surface area contributed by atoms with Crippen molar-refractivity contribution in [1.82, 2.24) is 24.5 Å².